The molecule has 1 aromatic carbocycles. The number of aromatic nitrogens is 1. The minimum absolute atomic E-state index is 0.829. The van der Waals surface area contributed by atoms with Gasteiger partial charge in [-0.3, -0.25) is 4.98 Å². The van der Waals surface area contributed by atoms with Gasteiger partial charge in [0.2, 0.25) is 0 Å². The lowest BCUT2D eigenvalue weighted by molar-refractivity contribution is 1.16. The fourth-order valence-corrected chi connectivity index (χ4v) is 1.86. The first kappa shape index (κ1) is 10.2. The summed E-state index contributed by atoms with van der Waals surface area (Å²) in [4.78, 5) is 3.99. The average molecular weight is 263 g/mol. The second-order valence-corrected chi connectivity index (χ2v) is 4.29. The number of nitrogens with zero attached hydrogens (tertiary/aromatic N) is 1. The van der Waals surface area contributed by atoms with E-state index >= 15 is 0 Å². The molecule has 1 heterocycles. The maximum Gasteiger partial charge on any atom is 0.0350 e. The summed E-state index contributed by atoms with van der Waals surface area (Å²) in [5.74, 6) is 0. The van der Waals surface area contributed by atoms with E-state index in [0.717, 1.165) is 22.1 Å². The van der Waals surface area contributed by atoms with Crippen LogP contribution in [-0.4, -0.2) is 4.98 Å². The third-order valence-corrected chi connectivity index (χ3v) is 2.74. The lowest BCUT2D eigenvalue weighted by Crippen LogP contribution is -1.95. The molecule has 2 nitrogen and oxygen atoms in total. The van der Waals surface area contributed by atoms with Crippen molar-refractivity contribution in [1.29, 1.82) is 0 Å². The standard InChI is InChI=1S/C12H11BrN2/c13-11-1-2-12(14)10(8-11)7-9-3-5-15-6-4-9/h1-6,8H,7,14H2. The first-order valence-corrected chi connectivity index (χ1v) is 5.48. The molecule has 2 rings (SSSR count). The summed E-state index contributed by atoms with van der Waals surface area (Å²) in [7, 11) is 0. The van der Waals surface area contributed by atoms with Gasteiger partial charge >= 0.3 is 0 Å². The van der Waals surface area contributed by atoms with Gasteiger partial charge in [-0.15, -0.1) is 0 Å². The van der Waals surface area contributed by atoms with Crippen LogP contribution < -0.4 is 5.73 Å². The number of hydrogen-bond acceptors (Lipinski definition) is 2. The zero-order valence-electron chi connectivity index (χ0n) is 8.15. The van der Waals surface area contributed by atoms with E-state index in [0.29, 0.717) is 0 Å². The molecule has 0 aliphatic rings. The van der Waals surface area contributed by atoms with Gasteiger partial charge in [0.05, 0.1) is 0 Å². The highest BCUT2D eigenvalue weighted by Crippen LogP contribution is 2.20. The molecule has 2 N–H and O–H groups in total. The summed E-state index contributed by atoms with van der Waals surface area (Å²) >= 11 is 3.44. The molecule has 0 radical (unpaired) electrons. The molecule has 76 valence electrons. The molecule has 3 heteroatoms. The predicted octanol–water partition coefficient (Wildman–Crippen LogP) is 3.02. The van der Waals surface area contributed by atoms with Crippen LogP contribution in [0.25, 0.3) is 0 Å². The first-order chi connectivity index (χ1) is 7.25. The van der Waals surface area contributed by atoms with Crippen molar-refractivity contribution in [3.63, 3.8) is 0 Å². The molecule has 15 heavy (non-hydrogen) atoms. The zero-order valence-corrected chi connectivity index (χ0v) is 9.74. The van der Waals surface area contributed by atoms with Crippen molar-refractivity contribution in [1.82, 2.24) is 4.98 Å². The van der Waals surface area contributed by atoms with E-state index in [4.69, 9.17) is 5.73 Å². The molecule has 0 saturated heterocycles. The first-order valence-electron chi connectivity index (χ1n) is 4.68. The molecule has 0 aliphatic heterocycles. The molecule has 2 aromatic rings. The molecule has 1 aromatic heterocycles. The normalized spacial score (nSPS) is 10.2. The second kappa shape index (κ2) is 4.45. The van der Waals surface area contributed by atoms with Crippen LogP contribution in [0, 0.1) is 0 Å². The van der Waals surface area contributed by atoms with E-state index in [9.17, 15) is 0 Å². The van der Waals surface area contributed by atoms with E-state index in [1.54, 1.807) is 12.4 Å². The number of benzene rings is 1. The van der Waals surface area contributed by atoms with Crippen molar-refractivity contribution < 1.29 is 0 Å². The number of pyridine rings is 1. The summed E-state index contributed by atoms with van der Waals surface area (Å²) in [5.41, 5.74) is 9.08. The van der Waals surface area contributed by atoms with Gasteiger partial charge in [0, 0.05) is 22.6 Å². The Morgan fingerprint density at radius 1 is 1.13 bits per heavy atom. The van der Waals surface area contributed by atoms with Gasteiger partial charge in [-0.1, -0.05) is 15.9 Å². The maximum absolute atomic E-state index is 5.90. The molecular formula is C12H11BrN2. The number of rotatable bonds is 2. The van der Waals surface area contributed by atoms with Gasteiger partial charge in [0.1, 0.15) is 0 Å². The smallest absolute Gasteiger partial charge is 0.0350 e. The average Bonchev–Trinajstić information content (AvgIpc) is 2.25. The van der Waals surface area contributed by atoms with Crippen molar-refractivity contribution in [2.45, 2.75) is 6.42 Å². The summed E-state index contributed by atoms with van der Waals surface area (Å²) in [6.07, 6.45) is 4.43. The highest BCUT2D eigenvalue weighted by Gasteiger charge is 2.01. The lowest BCUT2D eigenvalue weighted by Gasteiger charge is -2.06. The van der Waals surface area contributed by atoms with Crippen LogP contribution in [0.2, 0.25) is 0 Å². The lowest BCUT2D eigenvalue weighted by atomic mass is 10.0. The van der Waals surface area contributed by atoms with Gasteiger partial charge in [0.15, 0.2) is 0 Å². The monoisotopic (exact) mass is 262 g/mol. The van der Waals surface area contributed by atoms with Crippen molar-refractivity contribution in [3.8, 4) is 0 Å². The molecule has 0 bridgehead atoms. The van der Waals surface area contributed by atoms with E-state index in [2.05, 4.69) is 27.0 Å². The minimum Gasteiger partial charge on any atom is -0.398 e. The SMILES string of the molecule is Nc1ccc(Br)cc1Cc1ccncc1. The molecule has 0 atom stereocenters. The van der Waals surface area contributed by atoms with Crippen LogP contribution in [0.15, 0.2) is 47.2 Å². The highest BCUT2D eigenvalue weighted by atomic mass is 79.9. The summed E-state index contributed by atoms with van der Waals surface area (Å²) in [5, 5.41) is 0. The van der Waals surface area contributed by atoms with Crippen LogP contribution in [0.4, 0.5) is 5.69 Å². The van der Waals surface area contributed by atoms with E-state index in [1.807, 2.05) is 24.3 Å². The van der Waals surface area contributed by atoms with Gasteiger partial charge in [-0.25, -0.2) is 0 Å². The number of hydrogen-bond donors (Lipinski definition) is 1. The molecular weight excluding hydrogens is 252 g/mol. The second-order valence-electron chi connectivity index (χ2n) is 3.38. The molecule has 0 spiro atoms. The largest absolute Gasteiger partial charge is 0.398 e. The summed E-state index contributed by atoms with van der Waals surface area (Å²) in [6, 6.07) is 9.92. The predicted molar refractivity (Wildman–Crippen MR) is 65.6 cm³/mol. The molecule has 0 aliphatic carbocycles. The van der Waals surface area contributed by atoms with E-state index < -0.39 is 0 Å². The molecule has 0 saturated carbocycles. The Hall–Kier alpha value is -1.35. The van der Waals surface area contributed by atoms with Crippen molar-refractivity contribution in [3.05, 3.63) is 58.3 Å². The number of nitrogens with two attached hydrogens (primary N) is 1. The van der Waals surface area contributed by atoms with Crippen LogP contribution in [-0.2, 0) is 6.42 Å². The van der Waals surface area contributed by atoms with Gasteiger partial charge in [-0.2, -0.15) is 0 Å². The van der Waals surface area contributed by atoms with Crippen molar-refractivity contribution in [2.24, 2.45) is 0 Å². The van der Waals surface area contributed by atoms with Crippen LogP contribution in [0.1, 0.15) is 11.1 Å². The number of nitrogen functional groups attached to an aromatic ring is 1. The fourth-order valence-electron chi connectivity index (χ4n) is 1.45. The van der Waals surface area contributed by atoms with Gasteiger partial charge in [0.25, 0.3) is 0 Å². The van der Waals surface area contributed by atoms with Gasteiger partial charge in [-0.05, 0) is 47.9 Å². The third kappa shape index (κ3) is 2.57. The minimum atomic E-state index is 0.829. The Balaban J connectivity index is 2.28. The van der Waals surface area contributed by atoms with Crippen LogP contribution in [0.3, 0.4) is 0 Å². The van der Waals surface area contributed by atoms with Crippen LogP contribution >= 0.6 is 15.9 Å². The zero-order chi connectivity index (χ0) is 10.7. The third-order valence-electron chi connectivity index (χ3n) is 2.25. The highest BCUT2D eigenvalue weighted by molar-refractivity contribution is 9.10. The number of anilines is 1. The van der Waals surface area contributed by atoms with Crippen molar-refractivity contribution in [2.75, 3.05) is 5.73 Å². The topological polar surface area (TPSA) is 38.9 Å². The molecule has 0 amide bonds. The summed E-state index contributed by atoms with van der Waals surface area (Å²) < 4.78 is 1.06. The maximum atomic E-state index is 5.90. The Morgan fingerprint density at radius 3 is 2.60 bits per heavy atom. The van der Waals surface area contributed by atoms with Crippen molar-refractivity contribution >= 4 is 21.6 Å². The fraction of sp³-hybridized carbons (Fsp3) is 0.0833. The Labute approximate surface area is 97.3 Å². The van der Waals surface area contributed by atoms with E-state index in [-0.39, 0.29) is 0 Å². The number of halogens is 1. The summed E-state index contributed by atoms with van der Waals surface area (Å²) in [6.45, 7) is 0. The Morgan fingerprint density at radius 2 is 1.87 bits per heavy atom. The van der Waals surface area contributed by atoms with Gasteiger partial charge < -0.3 is 5.73 Å². The molecule has 0 fully saturated rings. The van der Waals surface area contributed by atoms with E-state index in [1.165, 1.54) is 5.56 Å². The van der Waals surface area contributed by atoms with Crippen LogP contribution in [0.5, 0.6) is 0 Å². The molecule has 0 unspecified atom stereocenters. The Kier molecular flexibility index (Phi) is 3.02. The quantitative estimate of drug-likeness (QED) is 0.846. The Bertz CT molecular complexity index is 454.